The fourth-order valence-electron chi connectivity index (χ4n) is 3.88. The molecule has 1 atom stereocenters. The van der Waals surface area contributed by atoms with Gasteiger partial charge < -0.3 is 9.42 Å². The van der Waals surface area contributed by atoms with Crippen molar-refractivity contribution in [2.24, 2.45) is 0 Å². The van der Waals surface area contributed by atoms with E-state index in [9.17, 15) is 4.79 Å². The van der Waals surface area contributed by atoms with Crippen molar-refractivity contribution in [1.29, 1.82) is 0 Å². The summed E-state index contributed by atoms with van der Waals surface area (Å²) >= 11 is 0. The Morgan fingerprint density at radius 3 is 2.62 bits per heavy atom. The van der Waals surface area contributed by atoms with Gasteiger partial charge in [-0.3, -0.25) is 9.69 Å². The van der Waals surface area contributed by atoms with Crippen molar-refractivity contribution in [2.75, 3.05) is 26.2 Å². The van der Waals surface area contributed by atoms with Crippen LogP contribution < -0.4 is 0 Å². The fraction of sp³-hybridized carbons (Fsp3) is 0.524. The largest absolute Gasteiger partial charge is 0.361 e. The molecular formula is C21H29N3O2. The molecule has 2 aromatic rings. The number of carbonyl (C=O) groups excluding carboxylic acids is 1. The molecule has 5 heteroatoms. The number of hydrogen-bond acceptors (Lipinski definition) is 4. The highest BCUT2D eigenvalue weighted by molar-refractivity contribution is 5.83. The minimum atomic E-state index is -0.204. The molecule has 26 heavy (non-hydrogen) atoms. The van der Waals surface area contributed by atoms with Crippen LogP contribution in [0.3, 0.4) is 0 Å². The molecule has 0 aliphatic carbocycles. The van der Waals surface area contributed by atoms with Crippen LogP contribution in [0, 0.1) is 20.8 Å². The molecule has 140 valence electrons. The standard InChI is InChI=1S/C21H29N3O2/c1-15-8-5-6-9-19(15)14-23-10-7-11-24(13-12-23)21(25)16(2)20-17(3)22-26-18(20)4/h5-6,8-9,16H,7,10-14H2,1-4H3/t16-/m0/s1. The van der Waals surface area contributed by atoms with E-state index in [1.165, 1.54) is 11.1 Å². The van der Waals surface area contributed by atoms with Gasteiger partial charge in [-0.25, -0.2) is 0 Å². The molecule has 0 radical (unpaired) electrons. The Hall–Kier alpha value is -2.14. The number of benzene rings is 1. The van der Waals surface area contributed by atoms with Crippen LogP contribution in [-0.2, 0) is 11.3 Å². The third-order valence-electron chi connectivity index (χ3n) is 5.45. The number of amides is 1. The lowest BCUT2D eigenvalue weighted by atomic mass is 9.98. The summed E-state index contributed by atoms with van der Waals surface area (Å²) in [7, 11) is 0. The number of carbonyl (C=O) groups is 1. The molecule has 1 fully saturated rings. The van der Waals surface area contributed by atoms with Gasteiger partial charge in [-0.15, -0.1) is 0 Å². The minimum Gasteiger partial charge on any atom is -0.361 e. The molecule has 0 spiro atoms. The van der Waals surface area contributed by atoms with E-state index >= 15 is 0 Å². The van der Waals surface area contributed by atoms with Crippen LogP contribution >= 0.6 is 0 Å². The SMILES string of the molecule is Cc1ccccc1CN1CCCN(C(=O)[C@@H](C)c2c(C)noc2C)CC1. The maximum Gasteiger partial charge on any atom is 0.230 e. The van der Waals surface area contributed by atoms with Gasteiger partial charge in [0.25, 0.3) is 0 Å². The molecule has 1 aliphatic rings. The van der Waals surface area contributed by atoms with Crippen LogP contribution in [0.1, 0.15) is 47.4 Å². The van der Waals surface area contributed by atoms with Gasteiger partial charge in [-0.1, -0.05) is 29.4 Å². The number of hydrogen-bond donors (Lipinski definition) is 0. The molecule has 1 aliphatic heterocycles. The summed E-state index contributed by atoms with van der Waals surface area (Å²) in [5, 5.41) is 4.00. The van der Waals surface area contributed by atoms with Crippen molar-refractivity contribution in [1.82, 2.24) is 15.0 Å². The Bertz CT molecular complexity index is 749. The van der Waals surface area contributed by atoms with E-state index in [2.05, 4.69) is 41.2 Å². The number of aromatic nitrogens is 1. The monoisotopic (exact) mass is 355 g/mol. The highest BCUT2D eigenvalue weighted by atomic mass is 16.5. The molecule has 1 aromatic carbocycles. The van der Waals surface area contributed by atoms with Gasteiger partial charge in [0.05, 0.1) is 11.6 Å². The Labute approximate surface area is 156 Å². The molecule has 0 N–H and O–H groups in total. The average molecular weight is 355 g/mol. The van der Waals surface area contributed by atoms with E-state index in [1.54, 1.807) is 0 Å². The van der Waals surface area contributed by atoms with Gasteiger partial charge in [0.2, 0.25) is 5.91 Å². The zero-order chi connectivity index (χ0) is 18.7. The maximum absolute atomic E-state index is 13.0. The molecule has 0 saturated carbocycles. The highest BCUT2D eigenvalue weighted by Crippen LogP contribution is 2.25. The summed E-state index contributed by atoms with van der Waals surface area (Å²) in [6.45, 7) is 12.4. The third-order valence-corrected chi connectivity index (χ3v) is 5.45. The topological polar surface area (TPSA) is 49.6 Å². The van der Waals surface area contributed by atoms with Crippen LogP contribution in [0.4, 0.5) is 0 Å². The first-order valence-corrected chi connectivity index (χ1v) is 9.45. The van der Waals surface area contributed by atoms with Gasteiger partial charge in [-0.2, -0.15) is 0 Å². The van der Waals surface area contributed by atoms with Crippen LogP contribution in [0.5, 0.6) is 0 Å². The van der Waals surface area contributed by atoms with Crippen LogP contribution in [-0.4, -0.2) is 47.0 Å². The first-order chi connectivity index (χ1) is 12.5. The van der Waals surface area contributed by atoms with Crippen molar-refractivity contribution in [3.8, 4) is 0 Å². The second-order valence-corrected chi connectivity index (χ2v) is 7.34. The molecule has 1 saturated heterocycles. The quantitative estimate of drug-likeness (QED) is 0.843. The van der Waals surface area contributed by atoms with Crippen LogP contribution in [0.15, 0.2) is 28.8 Å². The van der Waals surface area contributed by atoms with E-state index in [1.807, 2.05) is 25.7 Å². The van der Waals surface area contributed by atoms with Crippen molar-refractivity contribution >= 4 is 5.91 Å². The normalized spacial score (nSPS) is 17.2. The summed E-state index contributed by atoms with van der Waals surface area (Å²) < 4.78 is 5.24. The molecule has 1 aromatic heterocycles. The lowest BCUT2D eigenvalue weighted by molar-refractivity contribution is -0.132. The molecule has 2 heterocycles. The van der Waals surface area contributed by atoms with Crippen LogP contribution in [0.25, 0.3) is 0 Å². The summed E-state index contributed by atoms with van der Waals surface area (Å²) in [5.74, 6) is 0.723. The molecule has 5 nitrogen and oxygen atoms in total. The predicted octanol–water partition coefficient (Wildman–Crippen LogP) is 3.44. The fourth-order valence-corrected chi connectivity index (χ4v) is 3.88. The Kier molecular flexibility index (Phi) is 5.77. The number of aryl methyl sites for hydroxylation is 3. The van der Waals surface area contributed by atoms with Crippen molar-refractivity contribution in [3.63, 3.8) is 0 Å². The molecule has 1 amide bonds. The van der Waals surface area contributed by atoms with Crippen LogP contribution in [0.2, 0.25) is 0 Å². The van der Waals surface area contributed by atoms with E-state index in [4.69, 9.17) is 4.52 Å². The molecular weight excluding hydrogens is 326 g/mol. The van der Waals surface area contributed by atoms with Gasteiger partial charge in [0.1, 0.15) is 5.76 Å². The second-order valence-electron chi connectivity index (χ2n) is 7.34. The Morgan fingerprint density at radius 2 is 1.92 bits per heavy atom. The summed E-state index contributed by atoms with van der Waals surface area (Å²) in [6, 6.07) is 8.54. The second kappa shape index (κ2) is 8.04. The summed E-state index contributed by atoms with van der Waals surface area (Å²) in [6.07, 6.45) is 1.01. The Balaban J connectivity index is 1.63. The summed E-state index contributed by atoms with van der Waals surface area (Å²) in [5.41, 5.74) is 4.46. The van der Waals surface area contributed by atoms with Gasteiger partial charge in [0.15, 0.2) is 0 Å². The predicted molar refractivity (Wildman–Crippen MR) is 102 cm³/mol. The van der Waals surface area contributed by atoms with E-state index in [-0.39, 0.29) is 11.8 Å². The van der Waals surface area contributed by atoms with Crippen molar-refractivity contribution in [3.05, 3.63) is 52.4 Å². The Morgan fingerprint density at radius 1 is 1.15 bits per heavy atom. The van der Waals surface area contributed by atoms with E-state index in [0.29, 0.717) is 0 Å². The minimum absolute atomic E-state index is 0.178. The van der Waals surface area contributed by atoms with E-state index < -0.39 is 0 Å². The lowest BCUT2D eigenvalue weighted by Gasteiger charge is -2.25. The van der Waals surface area contributed by atoms with Gasteiger partial charge in [-0.05, 0) is 45.2 Å². The van der Waals surface area contributed by atoms with E-state index in [0.717, 1.165) is 56.2 Å². The molecule has 0 bridgehead atoms. The lowest BCUT2D eigenvalue weighted by Crippen LogP contribution is -2.37. The molecule has 0 unspecified atom stereocenters. The first-order valence-electron chi connectivity index (χ1n) is 9.45. The summed E-state index contributed by atoms with van der Waals surface area (Å²) in [4.78, 5) is 17.5. The first kappa shape index (κ1) is 18.6. The third kappa shape index (κ3) is 3.98. The van der Waals surface area contributed by atoms with Gasteiger partial charge in [0, 0.05) is 38.3 Å². The van der Waals surface area contributed by atoms with Crippen molar-refractivity contribution < 1.29 is 9.32 Å². The average Bonchev–Trinajstić information content (AvgIpc) is 2.83. The highest BCUT2D eigenvalue weighted by Gasteiger charge is 2.28. The smallest absolute Gasteiger partial charge is 0.230 e. The number of nitrogens with zero attached hydrogens (tertiary/aromatic N) is 3. The van der Waals surface area contributed by atoms with Gasteiger partial charge >= 0.3 is 0 Å². The zero-order valence-electron chi connectivity index (χ0n) is 16.3. The van der Waals surface area contributed by atoms with Crippen molar-refractivity contribution in [2.45, 2.75) is 46.6 Å². The maximum atomic E-state index is 13.0. The number of rotatable bonds is 4. The zero-order valence-corrected chi connectivity index (χ0v) is 16.3. The molecule has 3 rings (SSSR count).